The number of amides is 1. The molecule has 2 heterocycles. The summed E-state index contributed by atoms with van der Waals surface area (Å²) in [4.78, 5) is 14.3. The molecule has 1 aromatic carbocycles. The molecule has 1 N–H and O–H groups in total. The van der Waals surface area contributed by atoms with Crippen LogP contribution in [0, 0.1) is 0 Å². The lowest BCUT2D eigenvalue weighted by atomic mass is 10.0. The van der Waals surface area contributed by atoms with Crippen molar-refractivity contribution in [1.29, 1.82) is 0 Å². The molecule has 0 unspecified atom stereocenters. The van der Waals surface area contributed by atoms with Gasteiger partial charge in [0.05, 0.1) is 12.2 Å². The van der Waals surface area contributed by atoms with Crippen LogP contribution in [0.5, 0.6) is 0 Å². The number of nitrogens with one attached hydrogen (secondary N) is 1. The molecule has 0 atom stereocenters. The zero-order valence-corrected chi connectivity index (χ0v) is 14.2. The van der Waals surface area contributed by atoms with Gasteiger partial charge in [-0.2, -0.15) is 5.10 Å². The Balaban J connectivity index is 1.49. The van der Waals surface area contributed by atoms with Crippen molar-refractivity contribution in [3.63, 3.8) is 0 Å². The van der Waals surface area contributed by atoms with Crippen LogP contribution >= 0.6 is 0 Å². The zero-order chi connectivity index (χ0) is 16.5. The smallest absolute Gasteiger partial charge is 0.234 e. The monoisotopic (exact) mass is 324 g/mol. The minimum Gasteiger partial charge on any atom is -0.352 e. The summed E-state index contributed by atoms with van der Waals surface area (Å²) in [6.45, 7) is 2.34. The summed E-state index contributed by atoms with van der Waals surface area (Å²) < 4.78 is 2.02. The average molecular weight is 324 g/mol. The van der Waals surface area contributed by atoms with E-state index in [4.69, 9.17) is 5.10 Å². The quantitative estimate of drug-likeness (QED) is 0.932. The molecule has 24 heavy (non-hydrogen) atoms. The molecule has 126 valence electrons. The van der Waals surface area contributed by atoms with Gasteiger partial charge in [-0.15, -0.1) is 0 Å². The molecule has 2 aliphatic rings. The summed E-state index contributed by atoms with van der Waals surface area (Å²) in [6.07, 6.45) is 4.18. The average Bonchev–Trinajstić information content (AvgIpc) is 3.36. The number of aromatic nitrogens is 2. The van der Waals surface area contributed by atoms with Crippen LogP contribution in [0.25, 0.3) is 11.3 Å². The molecule has 4 rings (SSSR count). The Bertz CT molecular complexity index is 733. The Labute approximate surface area is 142 Å². The molecule has 1 saturated carbocycles. The highest BCUT2D eigenvalue weighted by molar-refractivity contribution is 5.78. The second-order valence-electron chi connectivity index (χ2n) is 6.88. The van der Waals surface area contributed by atoms with Gasteiger partial charge in [0.2, 0.25) is 5.91 Å². The molecule has 1 aliphatic carbocycles. The first kappa shape index (κ1) is 15.4. The number of fused-ring (bicyclic) bond motifs is 1. The molecule has 5 heteroatoms. The van der Waals surface area contributed by atoms with Crippen molar-refractivity contribution >= 4 is 5.91 Å². The maximum Gasteiger partial charge on any atom is 0.234 e. The Hall–Kier alpha value is -2.14. The van der Waals surface area contributed by atoms with Gasteiger partial charge in [0.25, 0.3) is 0 Å². The van der Waals surface area contributed by atoms with Crippen LogP contribution < -0.4 is 5.32 Å². The van der Waals surface area contributed by atoms with Gasteiger partial charge in [-0.3, -0.25) is 14.4 Å². The van der Waals surface area contributed by atoms with Gasteiger partial charge in [0, 0.05) is 49.4 Å². The van der Waals surface area contributed by atoms with E-state index in [1.54, 1.807) is 0 Å². The molecule has 0 spiro atoms. The minimum atomic E-state index is 0.171. The van der Waals surface area contributed by atoms with E-state index >= 15 is 0 Å². The summed E-state index contributed by atoms with van der Waals surface area (Å²) in [5.74, 6) is 0.171. The summed E-state index contributed by atoms with van der Waals surface area (Å²) in [5, 5.41) is 7.84. The predicted octanol–water partition coefficient (Wildman–Crippen LogP) is 1.77. The third-order valence-corrected chi connectivity index (χ3v) is 4.97. The molecular weight excluding hydrogens is 300 g/mol. The molecular formula is C19H24N4O. The van der Waals surface area contributed by atoms with E-state index < -0.39 is 0 Å². The predicted molar refractivity (Wildman–Crippen MR) is 93.7 cm³/mol. The first-order valence-corrected chi connectivity index (χ1v) is 8.82. The Morgan fingerprint density at radius 3 is 2.71 bits per heavy atom. The third-order valence-electron chi connectivity index (χ3n) is 4.97. The molecule has 2 aromatic rings. The highest BCUT2D eigenvalue weighted by Gasteiger charge is 2.26. The van der Waals surface area contributed by atoms with Crippen LogP contribution in [-0.4, -0.2) is 46.3 Å². The number of nitrogens with zero attached hydrogens (tertiary/aromatic N) is 3. The fourth-order valence-electron chi connectivity index (χ4n) is 3.51. The fourth-order valence-corrected chi connectivity index (χ4v) is 3.51. The van der Waals surface area contributed by atoms with Crippen molar-refractivity contribution < 1.29 is 4.79 Å². The Morgan fingerprint density at radius 1 is 1.21 bits per heavy atom. The van der Waals surface area contributed by atoms with E-state index in [2.05, 4.69) is 34.5 Å². The summed E-state index contributed by atoms with van der Waals surface area (Å²) in [7, 11) is 2.03. The van der Waals surface area contributed by atoms with E-state index in [0.29, 0.717) is 12.6 Å². The number of carbonyl (C=O) groups excluding carboxylic acids is 1. The maximum atomic E-state index is 12.1. The molecule has 0 bridgehead atoms. The van der Waals surface area contributed by atoms with Gasteiger partial charge in [-0.05, 0) is 19.3 Å². The van der Waals surface area contributed by atoms with E-state index in [1.807, 2.05) is 17.8 Å². The molecule has 1 aliphatic heterocycles. The lowest BCUT2D eigenvalue weighted by Crippen LogP contribution is -2.39. The van der Waals surface area contributed by atoms with Gasteiger partial charge < -0.3 is 5.32 Å². The number of rotatable bonds is 4. The molecule has 1 aromatic heterocycles. The molecule has 0 saturated heterocycles. The van der Waals surface area contributed by atoms with Crippen LogP contribution in [0.1, 0.15) is 24.1 Å². The normalized spacial score (nSPS) is 18.0. The SMILES string of the molecule is Cn1nc(-c2ccccc2)c2c1CCN(CC(=O)NC1CC1)CC2. The number of aryl methyl sites for hydroxylation is 1. The summed E-state index contributed by atoms with van der Waals surface area (Å²) >= 11 is 0. The summed E-state index contributed by atoms with van der Waals surface area (Å²) in [5.41, 5.74) is 4.92. The van der Waals surface area contributed by atoms with Gasteiger partial charge in [0.15, 0.2) is 0 Å². The second kappa shape index (κ2) is 6.40. The summed E-state index contributed by atoms with van der Waals surface area (Å²) in [6, 6.07) is 10.8. The van der Waals surface area contributed by atoms with Crippen LogP contribution in [0.3, 0.4) is 0 Å². The first-order valence-electron chi connectivity index (χ1n) is 8.82. The van der Waals surface area contributed by atoms with Gasteiger partial charge in [-0.25, -0.2) is 0 Å². The van der Waals surface area contributed by atoms with Crippen molar-refractivity contribution in [2.45, 2.75) is 31.7 Å². The molecule has 1 fully saturated rings. The highest BCUT2D eigenvalue weighted by atomic mass is 16.2. The van der Waals surface area contributed by atoms with Crippen molar-refractivity contribution in [3.05, 3.63) is 41.6 Å². The highest BCUT2D eigenvalue weighted by Crippen LogP contribution is 2.27. The maximum absolute atomic E-state index is 12.1. The molecule has 1 amide bonds. The Kier molecular flexibility index (Phi) is 4.10. The minimum absolute atomic E-state index is 0.171. The third kappa shape index (κ3) is 3.22. The van der Waals surface area contributed by atoms with Crippen LogP contribution in [0.2, 0.25) is 0 Å². The van der Waals surface area contributed by atoms with Crippen LogP contribution in [0.4, 0.5) is 0 Å². The van der Waals surface area contributed by atoms with E-state index in [1.165, 1.54) is 16.8 Å². The molecule has 0 radical (unpaired) electrons. The van der Waals surface area contributed by atoms with Crippen LogP contribution in [-0.2, 0) is 24.7 Å². The molecule has 5 nitrogen and oxygen atoms in total. The Morgan fingerprint density at radius 2 is 1.96 bits per heavy atom. The lowest BCUT2D eigenvalue weighted by molar-refractivity contribution is -0.122. The number of benzene rings is 1. The fraction of sp³-hybridized carbons (Fsp3) is 0.474. The van der Waals surface area contributed by atoms with Crippen molar-refractivity contribution in [1.82, 2.24) is 20.0 Å². The van der Waals surface area contributed by atoms with E-state index in [9.17, 15) is 4.79 Å². The van der Waals surface area contributed by atoms with E-state index in [-0.39, 0.29) is 5.91 Å². The number of carbonyl (C=O) groups is 1. The van der Waals surface area contributed by atoms with E-state index in [0.717, 1.165) is 44.5 Å². The largest absolute Gasteiger partial charge is 0.352 e. The number of hydrogen-bond donors (Lipinski definition) is 1. The van der Waals surface area contributed by atoms with Crippen LogP contribution in [0.15, 0.2) is 30.3 Å². The van der Waals surface area contributed by atoms with Gasteiger partial charge >= 0.3 is 0 Å². The zero-order valence-electron chi connectivity index (χ0n) is 14.2. The lowest BCUT2D eigenvalue weighted by Gasteiger charge is -2.19. The van der Waals surface area contributed by atoms with Gasteiger partial charge in [-0.1, -0.05) is 30.3 Å². The van der Waals surface area contributed by atoms with Crippen molar-refractivity contribution in [2.24, 2.45) is 7.05 Å². The van der Waals surface area contributed by atoms with Crippen molar-refractivity contribution in [2.75, 3.05) is 19.6 Å². The topological polar surface area (TPSA) is 50.2 Å². The van der Waals surface area contributed by atoms with Crippen molar-refractivity contribution in [3.8, 4) is 11.3 Å². The first-order chi connectivity index (χ1) is 11.7. The number of hydrogen-bond acceptors (Lipinski definition) is 3. The second-order valence-corrected chi connectivity index (χ2v) is 6.88. The van der Waals surface area contributed by atoms with Gasteiger partial charge in [0.1, 0.15) is 0 Å². The standard InChI is InChI=1S/C19H24N4O/c1-22-17-10-12-23(13-18(24)20-15-7-8-15)11-9-16(17)19(21-22)14-5-3-2-4-6-14/h2-6,15H,7-13H2,1H3,(H,20,24).